The van der Waals surface area contributed by atoms with Gasteiger partial charge in [0.15, 0.2) is 0 Å². The lowest BCUT2D eigenvalue weighted by atomic mass is 10.1. The molecule has 1 N–H and O–H groups in total. The Kier molecular flexibility index (Phi) is 4.94. The van der Waals surface area contributed by atoms with Crippen LogP contribution in [0.15, 0.2) is 55.1 Å². The third-order valence-electron chi connectivity index (χ3n) is 3.83. The molecule has 0 radical (unpaired) electrons. The smallest absolute Gasteiger partial charge is 0.270 e. The number of amides is 1. The normalized spacial score (nSPS) is 11.8. The van der Waals surface area contributed by atoms with Crippen LogP contribution in [0.2, 0.25) is 5.02 Å². The maximum absolute atomic E-state index is 12.4. The molecule has 3 aromatic rings. The predicted octanol–water partition coefficient (Wildman–Crippen LogP) is 3.32. The number of halogens is 1. The summed E-state index contributed by atoms with van der Waals surface area (Å²) in [7, 11) is 0. The Labute approximate surface area is 153 Å². The second-order valence-electron chi connectivity index (χ2n) is 5.55. The third-order valence-corrected chi connectivity index (χ3v) is 4.14. The number of non-ortho nitro benzene ring substituents is 1. The molecule has 0 spiro atoms. The van der Waals surface area contributed by atoms with E-state index >= 15 is 0 Å². The quantitative estimate of drug-likeness (QED) is 0.547. The molecule has 0 saturated heterocycles. The summed E-state index contributed by atoms with van der Waals surface area (Å²) in [5.74, 6) is -0.405. The van der Waals surface area contributed by atoms with Gasteiger partial charge >= 0.3 is 0 Å². The molecule has 132 valence electrons. The first-order valence-electron chi connectivity index (χ1n) is 7.65. The van der Waals surface area contributed by atoms with Crippen molar-refractivity contribution in [3.63, 3.8) is 0 Å². The number of aromatic nitrogens is 3. The Balaban J connectivity index is 1.72. The second kappa shape index (κ2) is 7.32. The van der Waals surface area contributed by atoms with Gasteiger partial charge in [-0.1, -0.05) is 23.7 Å². The molecule has 0 bridgehead atoms. The van der Waals surface area contributed by atoms with E-state index in [1.807, 2.05) is 31.2 Å². The average Bonchev–Trinajstić information content (AvgIpc) is 3.16. The second-order valence-corrected chi connectivity index (χ2v) is 5.96. The van der Waals surface area contributed by atoms with E-state index in [2.05, 4.69) is 15.4 Å². The highest BCUT2D eigenvalue weighted by molar-refractivity contribution is 6.34. The molecule has 0 aliphatic heterocycles. The molecular formula is C17H14ClN5O3. The van der Waals surface area contributed by atoms with Crippen molar-refractivity contribution in [3.8, 4) is 5.69 Å². The van der Waals surface area contributed by atoms with Crippen LogP contribution in [0.4, 0.5) is 5.69 Å². The van der Waals surface area contributed by atoms with Crippen LogP contribution < -0.4 is 5.32 Å². The van der Waals surface area contributed by atoms with Crippen LogP contribution >= 0.6 is 11.6 Å². The van der Waals surface area contributed by atoms with Crippen molar-refractivity contribution in [2.75, 3.05) is 0 Å². The number of hydrogen-bond donors (Lipinski definition) is 1. The summed E-state index contributed by atoms with van der Waals surface area (Å²) in [5.41, 5.74) is 1.76. The number of carbonyl (C=O) groups excluding carboxylic acids is 1. The third kappa shape index (κ3) is 3.70. The number of carbonyl (C=O) groups is 1. The van der Waals surface area contributed by atoms with Gasteiger partial charge in [-0.25, -0.2) is 9.67 Å². The molecule has 0 unspecified atom stereocenters. The minimum atomic E-state index is -0.563. The van der Waals surface area contributed by atoms with Crippen LogP contribution in [0.1, 0.15) is 28.9 Å². The number of hydrogen-bond acceptors (Lipinski definition) is 5. The molecule has 0 aliphatic rings. The molecule has 0 aliphatic carbocycles. The molecule has 2 aromatic carbocycles. The zero-order valence-electron chi connectivity index (χ0n) is 13.7. The van der Waals surface area contributed by atoms with Crippen molar-refractivity contribution in [1.82, 2.24) is 20.1 Å². The van der Waals surface area contributed by atoms with Crippen LogP contribution in [-0.4, -0.2) is 25.6 Å². The Morgan fingerprint density at radius 2 is 2.00 bits per heavy atom. The Hall–Kier alpha value is -3.26. The topological polar surface area (TPSA) is 103 Å². The molecule has 26 heavy (non-hydrogen) atoms. The number of nitrogens with zero attached hydrogens (tertiary/aromatic N) is 4. The van der Waals surface area contributed by atoms with E-state index in [4.69, 9.17) is 11.6 Å². The number of nitrogens with one attached hydrogen (secondary N) is 1. The Morgan fingerprint density at radius 1 is 1.27 bits per heavy atom. The average molecular weight is 372 g/mol. The maximum atomic E-state index is 12.4. The Morgan fingerprint density at radius 3 is 2.58 bits per heavy atom. The largest absolute Gasteiger partial charge is 0.345 e. The molecule has 1 atom stereocenters. The van der Waals surface area contributed by atoms with Crippen molar-refractivity contribution in [2.24, 2.45) is 0 Å². The van der Waals surface area contributed by atoms with Gasteiger partial charge < -0.3 is 5.32 Å². The summed E-state index contributed by atoms with van der Waals surface area (Å²) in [6.07, 6.45) is 3.04. The molecule has 1 heterocycles. The van der Waals surface area contributed by atoms with E-state index in [0.717, 1.165) is 17.3 Å². The first-order valence-corrected chi connectivity index (χ1v) is 8.03. The number of nitro benzene ring substituents is 1. The number of rotatable bonds is 5. The highest BCUT2D eigenvalue weighted by Gasteiger charge is 2.17. The van der Waals surface area contributed by atoms with Crippen molar-refractivity contribution in [3.05, 3.63) is 81.4 Å². The highest BCUT2D eigenvalue weighted by atomic mass is 35.5. The van der Waals surface area contributed by atoms with Gasteiger partial charge in [-0.05, 0) is 30.7 Å². The maximum Gasteiger partial charge on any atom is 0.270 e. The summed E-state index contributed by atoms with van der Waals surface area (Å²) in [6.45, 7) is 1.83. The van der Waals surface area contributed by atoms with Gasteiger partial charge in [-0.3, -0.25) is 14.9 Å². The summed E-state index contributed by atoms with van der Waals surface area (Å²) >= 11 is 5.99. The molecule has 9 heteroatoms. The van der Waals surface area contributed by atoms with Crippen LogP contribution in [0.25, 0.3) is 5.69 Å². The van der Waals surface area contributed by atoms with E-state index in [0.29, 0.717) is 0 Å². The summed E-state index contributed by atoms with van der Waals surface area (Å²) in [4.78, 5) is 26.5. The van der Waals surface area contributed by atoms with Crippen LogP contribution in [-0.2, 0) is 0 Å². The highest BCUT2D eigenvalue weighted by Crippen LogP contribution is 2.23. The lowest BCUT2D eigenvalue weighted by Gasteiger charge is -2.15. The first-order chi connectivity index (χ1) is 12.5. The van der Waals surface area contributed by atoms with Gasteiger partial charge in [0.25, 0.3) is 11.6 Å². The van der Waals surface area contributed by atoms with Crippen LogP contribution in [0, 0.1) is 10.1 Å². The van der Waals surface area contributed by atoms with Crippen molar-refractivity contribution in [1.29, 1.82) is 0 Å². The van der Waals surface area contributed by atoms with E-state index in [1.54, 1.807) is 11.0 Å². The zero-order valence-corrected chi connectivity index (χ0v) is 14.4. The molecule has 0 fully saturated rings. The monoisotopic (exact) mass is 371 g/mol. The van der Waals surface area contributed by atoms with Crippen molar-refractivity contribution >= 4 is 23.2 Å². The fourth-order valence-corrected chi connectivity index (χ4v) is 2.68. The molecule has 1 aromatic heterocycles. The van der Waals surface area contributed by atoms with E-state index in [-0.39, 0.29) is 22.3 Å². The summed E-state index contributed by atoms with van der Waals surface area (Å²) in [5, 5.41) is 17.7. The van der Waals surface area contributed by atoms with E-state index < -0.39 is 10.8 Å². The van der Waals surface area contributed by atoms with Gasteiger partial charge in [0.1, 0.15) is 12.7 Å². The minimum Gasteiger partial charge on any atom is -0.345 e. The zero-order chi connectivity index (χ0) is 18.7. The first kappa shape index (κ1) is 17.6. The van der Waals surface area contributed by atoms with Gasteiger partial charge in [-0.15, -0.1) is 0 Å². The SMILES string of the molecule is C[C@H](NC(=O)c1ccc([N+](=O)[O-])cc1Cl)c1ccc(-n2cncn2)cc1. The van der Waals surface area contributed by atoms with Gasteiger partial charge in [0.05, 0.1) is 27.2 Å². The molecule has 1 amide bonds. The van der Waals surface area contributed by atoms with Crippen LogP contribution in [0.5, 0.6) is 0 Å². The Bertz CT molecular complexity index is 942. The molecule has 0 saturated carbocycles. The fraction of sp³-hybridized carbons (Fsp3) is 0.118. The fourth-order valence-electron chi connectivity index (χ4n) is 2.42. The summed E-state index contributed by atoms with van der Waals surface area (Å²) < 4.78 is 1.63. The molecule has 8 nitrogen and oxygen atoms in total. The van der Waals surface area contributed by atoms with E-state index in [1.165, 1.54) is 18.5 Å². The molecule has 3 rings (SSSR count). The summed E-state index contributed by atoms with van der Waals surface area (Å²) in [6, 6.07) is 11.0. The number of nitro groups is 1. The molecular weight excluding hydrogens is 358 g/mol. The lowest BCUT2D eigenvalue weighted by molar-refractivity contribution is -0.384. The number of benzene rings is 2. The van der Waals surface area contributed by atoms with Gasteiger partial charge in [0, 0.05) is 12.1 Å². The van der Waals surface area contributed by atoms with Gasteiger partial charge in [0.2, 0.25) is 0 Å². The minimum absolute atomic E-state index is 0.0328. The van der Waals surface area contributed by atoms with Crippen LogP contribution in [0.3, 0.4) is 0 Å². The predicted molar refractivity (Wildman–Crippen MR) is 95.3 cm³/mol. The van der Waals surface area contributed by atoms with E-state index in [9.17, 15) is 14.9 Å². The standard InChI is InChI=1S/C17H14ClN5O3/c1-11(12-2-4-13(5-3-12)22-10-19-9-20-22)21-17(24)15-7-6-14(23(25)26)8-16(15)18/h2-11H,1H3,(H,21,24)/t11-/m0/s1. The van der Waals surface area contributed by atoms with Crippen molar-refractivity contribution in [2.45, 2.75) is 13.0 Å². The lowest BCUT2D eigenvalue weighted by Crippen LogP contribution is -2.26. The van der Waals surface area contributed by atoms with Crippen molar-refractivity contribution < 1.29 is 9.72 Å². The van der Waals surface area contributed by atoms with Gasteiger partial charge in [-0.2, -0.15) is 5.10 Å².